The van der Waals surface area contributed by atoms with E-state index in [-0.39, 0.29) is 5.91 Å². The molecule has 1 heterocycles. The standard InChI is InChI=1S/C6H10N2OS/c1-5(9)8-6-7-3-2-4-10-6/h2-4H2,1H3,(H,7,8,9). The van der Waals surface area contributed by atoms with Gasteiger partial charge in [0.05, 0.1) is 0 Å². The summed E-state index contributed by atoms with van der Waals surface area (Å²) in [4.78, 5) is 14.6. The van der Waals surface area contributed by atoms with Crippen molar-refractivity contribution >= 4 is 22.8 Å². The highest BCUT2D eigenvalue weighted by Crippen LogP contribution is 2.09. The normalized spacial score (nSPS) is 17.9. The lowest BCUT2D eigenvalue weighted by molar-refractivity contribution is -0.117. The van der Waals surface area contributed by atoms with Crippen molar-refractivity contribution in [3.63, 3.8) is 0 Å². The van der Waals surface area contributed by atoms with Gasteiger partial charge in [-0.15, -0.1) is 0 Å². The van der Waals surface area contributed by atoms with Crippen LogP contribution in [-0.2, 0) is 4.79 Å². The number of hydrogen-bond acceptors (Lipinski definition) is 3. The molecule has 0 spiro atoms. The quantitative estimate of drug-likeness (QED) is 0.561. The number of carbonyl (C=O) groups excluding carboxylic acids is 1. The highest BCUT2D eigenvalue weighted by atomic mass is 32.2. The van der Waals surface area contributed by atoms with Crippen LogP contribution in [0.4, 0.5) is 0 Å². The predicted molar refractivity (Wildman–Crippen MR) is 43.2 cm³/mol. The minimum atomic E-state index is -0.0341. The molecule has 1 aliphatic heterocycles. The Labute approximate surface area is 64.3 Å². The molecule has 3 nitrogen and oxygen atoms in total. The van der Waals surface area contributed by atoms with Crippen LogP contribution in [-0.4, -0.2) is 23.4 Å². The zero-order valence-electron chi connectivity index (χ0n) is 5.89. The topological polar surface area (TPSA) is 41.5 Å². The Morgan fingerprint density at radius 2 is 2.60 bits per heavy atom. The summed E-state index contributed by atoms with van der Waals surface area (Å²) >= 11 is 1.61. The Hall–Kier alpha value is -0.510. The van der Waals surface area contributed by atoms with Crippen LogP contribution in [0, 0.1) is 0 Å². The van der Waals surface area contributed by atoms with Gasteiger partial charge in [0.2, 0.25) is 5.91 Å². The van der Waals surface area contributed by atoms with Crippen molar-refractivity contribution in [3.05, 3.63) is 0 Å². The summed E-state index contributed by atoms with van der Waals surface area (Å²) < 4.78 is 0. The highest BCUT2D eigenvalue weighted by molar-refractivity contribution is 8.13. The molecule has 0 unspecified atom stereocenters. The summed E-state index contributed by atoms with van der Waals surface area (Å²) in [6.07, 6.45) is 1.12. The molecule has 0 saturated carbocycles. The van der Waals surface area contributed by atoms with Gasteiger partial charge in [0.15, 0.2) is 5.17 Å². The average molecular weight is 158 g/mol. The molecule has 0 aromatic heterocycles. The maximum Gasteiger partial charge on any atom is 0.222 e. The molecule has 1 N–H and O–H groups in total. The fourth-order valence-electron chi connectivity index (χ4n) is 0.686. The lowest BCUT2D eigenvalue weighted by Crippen LogP contribution is -2.27. The third-order valence-corrected chi connectivity index (χ3v) is 2.08. The fraction of sp³-hybridized carbons (Fsp3) is 0.667. The maximum atomic E-state index is 10.5. The van der Waals surface area contributed by atoms with E-state index in [2.05, 4.69) is 10.3 Å². The minimum absolute atomic E-state index is 0.0341. The molecule has 0 aromatic rings. The third kappa shape index (κ3) is 2.39. The molecule has 4 heteroatoms. The molecular formula is C6H10N2OS. The van der Waals surface area contributed by atoms with E-state index in [4.69, 9.17) is 0 Å². The zero-order valence-corrected chi connectivity index (χ0v) is 6.70. The van der Waals surface area contributed by atoms with Gasteiger partial charge >= 0.3 is 0 Å². The number of hydrogen-bond donors (Lipinski definition) is 1. The van der Waals surface area contributed by atoms with E-state index < -0.39 is 0 Å². The second-order valence-electron chi connectivity index (χ2n) is 2.07. The molecule has 56 valence electrons. The third-order valence-electron chi connectivity index (χ3n) is 1.08. The number of carbonyl (C=O) groups is 1. The van der Waals surface area contributed by atoms with E-state index in [0.29, 0.717) is 0 Å². The van der Waals surface area contributed by atoms with Crippen LogP contribution < -0.4 is 5.32 Å². The Kier molecular flexibility index (Phi) is 2.74. The van der Waals surface area contributed by atoms with Gasteiger partial charge in [0, 0.05) is 19.2 Å². The van der Waals surface area contributed by atoms with Crippen molar-refractivity contribution in [2.24, 2.45) is 4.99 Å². The molecule has 1 amide bonds. The first-order valence-corrected chi connectivity index (χ1v) is 4.22. The van der Waals surface area contributed by atoms with Crippen LogP contribution >= 0.6 is 11.8 Å². The van der Waals surface area contributed by atoms with Gasteiger partial charge in [-0.05, 0) is 6.42 Å². The van der Waals surface area contributed by atoms with Gasteiger partial charge in [-0.1, -0.05) is 11.8 Å². The SMILES string of the molecule is CC(=O)NC1=NCCCS1. The number of aliphatic imine (C=N–C) groups is 1. The summed E-state index contributed by atoms with van der Waals surface area (Å²) in [5.41, 5.74) is 0. The van der Waals surface area contributed by atoms with E-state index in [1.165, 1.54) is 6.92 Å². The lowest BCUT2D eigenvalue weighted by Gasteiger charge is -2.09. The average Bonchev–Trinajstić information content (AvgIpc) is 1.88. The predicted octanol–water partition coefficient (Wildman–Crippen LogP) is 0.615. The van der Waals surface area contributed by atoms with Crippen molar-refractivity contribution in [2.75, 3.05) is 12.3 Å². The zero-order chi connectivity index (χ0) is 7.40. The minimum Gasteiger partial charge on any atom is -0.306 e. The van der Waals surface area contributed by atoms with E-state index in [9.17, 15) is 4.79 Å². The Bertz CT molecular complexity index is 167. The van der Waals surface area contributed by atoms with Crippen LogP contribution in [0.25, 0.3) is 0 Å². The van der Waals surface area contributed by atoms with Crippen LogP contribution in [0.5, 0.6) is 0 Å². The summed E-state index contributed by atoms with van der Waals surface area (Å²) in [6.45, 7) is 2.35. The molecule has 0 aliphatic carbocycles. The van der Waals surface area contributed by atoms with Gasteiger partial charge in [-0.3, -0.25) is 9.79 Å². The smallest absolute Gasteiger partial charge is 0.222 e. The molecule has 0 fully saturated rings. The van der Waals surface area contributed by atoms with Gasteiger partial charge in [0.1, 0.15) is 0 Å². The second-order valence-corrected chi connectivity index (χ2v) is 3.15. The van der Waals surface area contributed by atoms with Gasteiger partial charge < -0.3 is 5.32 Å². The van der Waals surface area contributed by atoms with Crippen molar-refractivity contribution in [1.82, 2.24) is 5.32 Å². The molecule has 1 rings (SSSR count). The number of nitrogens with one attached hydrogen (secondary N) is 1. The van der Waals surface area contributed by atoms with E-state index in [1.54, 1.807) is 11.8 Å². The van der Waals surface area contributed by atoms with Crippen LogP contribution in [0.1, 0.15) is 13.3 Å². The van der Waals surface area contributed by atoms with Gasteiger partial charge in [-0.25, -0.2) is 0 Å². The number of nitrogens with zero attached hydrogens (tertiary/aromatic N) is 1. The number of rotatable bonds is 0. The lowest BCUT2D eigenvalue weighted by atomic mass is 10.5. The number of thioether (sulfide) groups is 1. The van der Waals surface area contributed by atoms with Crippen LogP contribution in [0.3, 0.4) is 0 Å². The molecule has 0 radical (unpaired) electrons. The van der Waals surface area contributed by atoms with E-state index >= 15 is 0 Å². The van der Waals surface area contributed by atoms with Gasteiger partial charge in [-0.2, -0.15) is 0 Å². The summed E-state index contributed by atoms with van der Waals surface area (Å²) in [6, 6.07) is 0. The molecule has 0 aromatic carbocycles. The number of amidine groups is 1. The van der Waals surface area contributed by atoms with E-state index in [1.807, 2.05) is 0 Å². The Morgan fingerprint density at radius 1 is 1.80 bits per heavy atom. The first-order valence-electron chi connectivity index (χ1n) is 3.24. The monoisotopic (exact) mass is 158 g/mol. The molecule has 1 aliphatic rings. The highest BCUT2D eigenvalue weighted by Gasteiger charge is 2.05. The molecule has 0 saturated heterocycles. The summed E-state index contributed by atoms with van der Waals surface area (Å²) in [7, 11) is 0. The molecular weight excluding hydrogens is 148 g/mol. The van der Waals surface area contributed by atoms with Crippen molar-refractivity contribution < 1.29 is 4.79 Å². The molecule has 10 heavy (non-hydrogen) atoms. The number of amides is 1. The summed E-state index contributed by atoms with van der Waals surface area (Å²) in [5.74, 6) is 1.03. The maximum absolute atomic E-state index is 10.5. The van der Waals surface area contributed by atoms with Crippen molar-refractivity contribution in [2.45, 2.75) is 13.3 Å². The fourth-order valence-corrected chi connectivity index (χ4v) is 1.55. The summed E-state index contributed by atoms with van der Waals surface area (Å²) in [5, 5.41) is 3.43. The Morgan fingerprint density at radius 3 is 3.10 bits per heavy atom. The van der Waals surface area contributed by atoms with Crippen LogP contribution in [0.15, 0.2) is 4.99 Å². The molecule has 0 atom stereocenters. The van der Waals surface area contributed by atoms with Gasteiger partial charge in [0.25, 0.3) is 0 Å². The van der Waals surface area contributed by atoms with Crippen LogP contribution in [0.2, 0.25) is 0 Å². The largest absolute Gasteiger partial charge is 0.306 e. The van der Waals surface area contributed by atoms with Crippen molar-refractivity contribution in [3.8, 4) is 0 Å². The first kappa shape index (κ1) is 7.60. The second kappa shape index (κ2) is 3.61. The first-order chi connectivity index (χ1) is 4.79. The molecule has 0 bridgehead atoms. The van der Waals surface area contributed by atoms with Crippen molar-refractivity contribution in [1.29, 1.82) is 0 Å². The Balaban J connectivity index is 2.38. The van der Waals surface area contributed by atoms with E-state index in [0.717, 1.165) is 23.9 Å².